The maximum absolute atomic E-state index is 13.6. The van der Waals surface area contributed by atoms with Crippen LogP contribution in [0.15, 0.2) is 66.7 Å². The third kappa shape index (κ3) is 2.06. The molecule has 2 nitrogen and oxygen atoms in total. The number of anilines is 1. The number of benzene rings is 2. The molecule has 0 radical (unpaired) electrons. The number of rotatable bonds is 2. The van der Waals surface area contributed by atoms with Crippen molar-refractivity contribution in [1.82, 2.24) is 0 Å². The third-order valence-corrected chi connectivity index (χ3v) is 6.42. The Labute approximate surface area is 149 Å². The van der Waals surface area contributed by atoms with Crippen molar-refractivity contribution < 1.29 is 4.79 Å². The van der Waals surface area contributed by atoms with Crippen LogP contribution in [-0.4, -0.2) is 5.91 Å². The summed E-state index contributed by atoms with van der Waals surface area (Å²) in [6.45, 7) is 0.677. The van der Waals surface area contributed by atoms with Crippen molar-refractivity contribution in [2.45, 2.75) is 37.6 Å². The molecule has 2 aliphatic carbocycles. The highest BCUT2D eigenvalue weighted by atomic mass is 16.2. The second-order valence-electron chi connectivity index (χ2n) is 7.60. The molecule has 2 aromatic rings. The zero-order valence-corrected chi connectivity index (χ0v) is 14.4. The molecule has 1 aliphatic heterocycles. The molecular weight excluding hydrogens is 306 g/mol. The van der Waals surface area contributed by atoms with Gasteiger partial charge in [0.25, 0.3) is 0 Å². The van der Waals surface area contributed by atoms with Gasteiger partial charge in [0.2, 0.25) is 5.91 Å². The van der Waals surface area contributed by atoms with E-state index < -0.39 is 0 Å². The highest BCUT2D eigenvalue weighted by Crippen LogP contribution is 2.69. The van der Waals surface area contributed by atoms with Gasteiger partial charge in [0, 0.05) is 5.69 Å². The fourth-order valence-corrected chi connectivity index (χ4v) is 5.33. The molecule has 0 N–H and O–H groups in total. The summed E-state index contributed by atoms with van der Waals surface area (Å²) in [4.78, 5) is 15.7. The average molecular weight is 329 g/mol. The van der Waals surface area contributed by atoms with Crippen LogP contribution in [0.5, 0.6) is 0 Å². The second-order valence-corrected chi connectivity index (χ2v) is 7.60. The average Bonchev–Trinajstić information content (AvgIpc) is 3.18. The van der Waals surface area contributed by atoms with E-state index in [1.54, 1.807) is 0 Å². The summed E-state index contributed by atoms with van der Waals surface area (Å²) in [5.74, 6) is 1.38. The van der Waals surface area contributed by atoms with Crippen LogP contribution in [0, 0.1) is 11.8 Å². The van der Waals surface area contributed by atoms with E-state index in [4.69, 9.17) is 0 Å². The molecule has 126 valence electrons. The summed E-state index contributed by atoms with van der Waals surface area (Å²) in [5.41, 5.74) is 3.38. The minimum Gasteiger partial charge on any atom is -0.307 e. The SMILES string of the molecule is O=C1N(Cc2ccccc2)c2ccccc2C12[C@@H]1CC/C=C\CC[C@@H]12. The number of carbonyl (C=O) groups excluding carboxylic acids is 1. The summed E-state index contributed by atoms with van der Waals surface area (Å²) >= 11 is 0. The number of hydrogen-bond donors (Lipinski definition) is 0. The van der Waals surface area contributed by atoms with Crippen molar-refractivity contribution >= 4 is 11.6 Å². The van der Waals surface area contributed by atoms with Gasteiger partial charge in [-0.05, 0) is 54.7 Å². The van der Waals surface area contributed by atoms with Crippen LogP contribution < -0.4 is 4.90 Å². The molecule has 2 heteroatoms. The van der Waals surface area contributed by atoms with Gasteiger partial charge in [-0.1, -0.05) is 60.7 Å². The molecule has 5 rings (SSSR count). The molecule has 0 bridgehead atoms. The first kappa shape index (κ1) is 14.9. The van der Waals surface area contributed by atoms with Gasteiger partial charge in [0.1, 0.15) is 0 Å². The molecule has 1 heterocycles. The van der Waals surface area contributed by atoms with E-state index in [-0.39, 0.29) is 5.41 Å². The number of allylic oxidation sites excluding steroid dienone is 2. The fourth-order valence-electron chi connectivity index (χ4n) is 5.33. The lowest BCUT2D eigenvalue weighted by Gasteiger charge is -2.18. The van der Waals surface area contributed by atoms with Crippen molar-refractivity contribution in [3.8, 4) is 0 Å². The maximum Gasteiger partial charge on any atom is 0.238 e. The maximum atomic E-state index is 13.6. The standard InChI is InChI=1S/C23H23NO/c25-22-23(18-12-6-1-2-7-13-19(18)23)20-14-8-9-15-21(20)24(22)16-17-10-4-3-5-11-17/h1-5,8-11,14-15,18-19H,6-7,12-13,16H2/b2-1-/t18-,19+,23?. The number of amides is 1. The second kappa shape index (κ2) is 5.59. The Balaban J connectivity index is 1.55. The van der Waals surface area contributed by atoms with Crippen LogP contribution in [-0.2, 0) is 16.8 Å². The van der Waals surface area contributed by atoms with Gasteiger partial charge in [-0.3, -0.25) is 4.79 Å². The van der Waals surface area contributed by atoms with Gasteiger partial charge < -0.3 is 4.90 Å². The first-order valence-corrected chi connectivity index (χ1v) is 9.44. The van der Waals surface area contributed by atoms with Crippen molar-refractivity contribution in [3.63, 3.8) is 0 Å². The molecule has 1 fully saturated rings. The van der Waals surface area contributed by atoms with Gasteiger partial charge >= 0.3 is 0 Å². The lowest BCUT2D eigenvalue weighted by Crippen LogP contribution is -2.33. The van der Waals surface area contributed by atoms with Crippen molar-refractivity contribution in [3.05, 3.63) is 77.9 Å². The van der Waals surface area contributed by atoms with Crippen LogP contribution in [0.2, 0.25) is 0 Å². The minimum atomic E-state index is -0.239. The lowest BCUT2D eigenvalue weighted by atomic mass is 9.91. The van der Waals surface area contributed by atoms with Crippen molar-refractivity contribution in [1.29, 1.82) is 0 Å². The Morgan fingerprint density at radius 2 is 1.52 bits per heavy atom. The zero-order valence-electron chi connectivity index (χ0n) is 14.4. The van der Waals surface area contributed by atoms with E-state index in [1.165, 1.54) is 11.1 Å². The molecule has 0 saturated heterocycles. The summed E-state index contributed by atoms with van der Waals surface area (Å²) in [6, 6.07) is 18.9. The summed E-state index contributed by atoms with van der Waals surface area (Å²) < 4.78 is 0. The Bertz CT molecular complexity index is 822. The topological polar surface area (TPSA) is 20.3 Å². The largest absolute Gasteiger partial charge is 0.307 e. The third-order valence-electron chi connectivity index (χ3n) is 6.42. The molecule has 3 atom stereocenters. The van der Waals surface area contributed by atoms with E-state index in [0.29, 0.717) is 24.3 Å². The first-order chi connectivity index (χ1) is 12.3. The molecule has 1 spiro atoms. The van der Waals surface area contributed by atoms with E-state index in [2.05, 4.69) is 60.7 Å². The predicted octanol–water partition coefficient (Wildman–Crippen LogP) is 4.85. The highest BCUT2D eigenvalue weighted by Gasteiger charge is 2.72. The Kier molecular flexibility index (Phi) is 3.34. The normalized spacial score (nSPS) is 31.2. The summed E-state index contributed by atoms with van der Waals surface area (Å²) in [5, 5.41) is 0. The lowest BCUT2D eigenvalue weighted by molar-refractivity contribution is -0.121. The fraction of sp³-hybridized carbons (Fsp3) is 0.348. The Hall–Kier alpha value is -2.35. The number of carbonyl (C=O) groups is 1. The highest BCUT2D eigenvalue weighted by molar-refractivity contribution is 6.11. The van der Waals surface area contributed by atoms with Crippen LogP contribution in [0.3, 0.4) is 0 Å². The molecule has 3 aliphatic rings. The molecule has 1 unspecified atom stereocenters. The number of para-hydroxylation sites is 1. The first-order valence-electron chi connectivity index (χ1n) is 9.44. The Morgan fingerprint density at radius 1 is 0.880 bits per heavy atom. The minimum absolute atomic E-state index is 0.239. The van der Waals surface area contributed by atoms with E-state index >= 15 is 0 Å². The van der Waals surface area contributed by atoms with Crippen LogP contribution in [0.1, 0.15) is 36.8 Å². The molecule has 0 aromatic heterocycles. The van der Waals surface area contributed by atoms with Crippen molar-refractivity contribution in [2.75, 3.05) is 4.90 Å². The van der Waals surface area contributed by atoms with Gasteiger partial charge in [0.15, 0.2) is 0 Å². The monoisotopic (exact) mass is 329 g/mol. The predicted molar refractivity (Wildman–Crippen MR) is 100 cm³/mol. The van der Waals surface area contributed by atoms with Gasteiger partial charge in [-0.15, -0.1) is 0 Å². The van der Waals surface area contributed by atoms with E-state index in [9.17, 15) is 4.79 Å². The summed E-state index contributed by atoms with van der Waals surface area (Å²) in [7, 11) is 0. The van der Waals surface area contributed by atoms with Gasteiger partial charge in [-0.2, -0.15) is 0 Å². The van der Waals surface area contributed by atoms with E-state index in [1.807, 2.05) is 11.0 Å². The smallest absolute Gasteiger partial charge is 0.238 e. The zero-order chi connectivity index (χ0) is 16.9. The van der Waals surface area contributed by atoms with Crippen LogP contribution >= 0.6 is 0 Å². The van der Waals surface area contributed by atoms with Gasteiger partial charge in [-0.25, -0.2) is 0 Å². The Morgan fingerprint density at radius 3 is 2.24 bits per heavy atom. The molecule has 1 amide bonds. The van der Waals surface area contributed by atoms with Crippen LogP contribution in [0.4, 0.5) is 5.69 Å². The van der Waals surface area contributed by atoms with Crippen molar-refractivity contribution in [2.24, 2.45) is 11.8 Å². The van der Waals surface area contributed by atoms with E-state index in [0.717, 1.165) is 31.4 Å². The molecular formula is C23H23NO. The molecule has 1 saturated carbocycles. The number of hydrogen-bond acceptors (Lipinski definition) is 1. The summed E-state index contributed by atoms with van der Waals surface area (Å²) in [6.07, 6.45) is 9.10. The van der Waals surface area contributed by atoms with Gasteiger partial charge in [0.05, 0.1) is 12.0 Å². The molecule has 2 aromatic carbocycles. The number of nitrogens with zero attached hydrogens (tertiary/aromatic N) is 1. The number of fused-ring (bicyclic) bond motifs is 5. The quantitative estimate of drug-likeness (QED) is 0.721. The molecule has 25 heavy (non-hydrogen) atoms. The van der Waals surface area contributed by atoms with Crippen LogP contribution in [0.25, 0.3) is 0 Å².